The van der Waals surface area contributed by atoms with Crippen LogP contribution in [0.4, 0.5) is 10.1 Å². The SMILES string of the molecule is CC(C)c1nn(-c2ccc(F)cc2)c2nc(CC(=O)NS(C)(=O)=O)cc(N3CCC(C4CCN(C)CC4)CC3)c12. The Labute approximate surface area is 235 Å². The first-order valence-electron chi connectivity index (χ1n) is 14.1. The normalized spacial score (nSPS) is 18.1. The van der Waals surface area contributed by atoms with E-state index in [9.17, 15) is 17.6 Å². The first kappa shape index (κ1) is 28.5. The van der Waals surface area contributed by atoms with Gasteiger partial charge >= 0.3 is 0 Å². The van der Waals surface area contributed by atoms with Gasteiger partial charge in [0.1, 0.15) is 5.82 Å². The van der Waals surface area contributed by atoms with Crippen LogP contribution in [0.25, 0.3) is 16.7 Å². The highest BCUT2D eigenvalue weighted by Gasteiger charge is 2.31. The van der Waals surface area contributed by atoms with Crippen LogP contribution in [0.15, 0.2) is 30.3 Å². The number of aromatic nitrogens is 3. The zero-order valence-electron chi connectivity index (χ0n) is 23.7. The Bertz CT molecular complexity index is 1470. The number of sulfonamides is 1. The molecule has 0 saturated carbocycles. The van der Waals surface area contributed by atoms with E-state index >= 15 is 0 Å². The number of hydrogen-bond acceptors (Lipinski definition) is 7. The molecule has 2 aliphatic rings. The van der Waals surface area contributed by atoms with Crippen molar-refractivity contribution in [1.29, 1.82) is 0 Å². The second-order valence-electron chi connectivity index (χ2n) is 11.7. The third-order valence-corrected chi connectivity index (χ3v) is 8.86. The second-order valence-corrected chi connectivity index (χ2v) is 13.4. The molecule has 0 spiro atoms. The predicted molar refractivity (Wildman–Crippen MR) is 155 cm³/mol. The van der Waals surface area contributed by atoms with Crippen molar-refractivity contribution in [1.82, 2.24) is 24.4 Å². The Balaban J connectivity index is 1.54. The van der Waals surface area contributed by atoms with Crippen LogP contribution in [0.3, 0.4) is 0 Å². The fraction of sp³-hybridized carbons (Fsp3) is 0.552. The lowest BCUT2D eigenvalue weighted by Gasteiger charge is -2.40. The summed E-state index contributed by atoms with van der Waals surface area (Å²) in [7, 11) is -1.50. The number of amides is 1. The molecule has 5 rings (SSSR count). The average molecular weight is 571 g/mol. The number of fused-ring (bicyclic) bond motifs is 1. The fourth-order valence-electron chi connectivity index (χ4n) is 6.20. The van der Waals surface area contributed by atoms with E-state index in [1.165, 1.54) is 25.0 Å². The Kier molecular flexibility index (Phi) is 8.15. The molecule has 2 saturated heterocycles. The Morgan fingerprint density at radius 2 is 1.65 bits per heavy atom. The molecule has 2 aromatic heterocycles. The molecule has 0 aliphatic carbocycles. The van der Waals surface area contributed by atoms with Gasteiger partial charge in [-0.05, 0) is 93.9 Å². The monoisotopic (exact) mass is 570 g/mol. The maximum atomic E-state index is 13.7. The van der Waals surface area contributed by atoms with Crippen LogP contribution in [0.2, 0.25) is 0 Å². The number of anilines is 1. The minimum atomic E-state index is -3.69. The number of nitrogens with zero attached hydrogens (tertiary/aromatic N) is 5. The van der Waals surface area contributed by atoms with Gasteiger partial charge in [0.05, 0.1) is 40.8 Å². The number of nitrogens with one attached hydrogen (secondary N) is 1. The highest BCUT2D eigenvalue weighted by Crippen LogP contribution is 2.39. The van der Waals surface area contributed by atoms with Crippen LogP contribution >= 0.6 is 0 Å². The molecular formula is C29H39FN6O3S. The Morgan fingerprint density at radius 3 is 2.23 bits per heavy atom. The maximum Gasteiger partial charge on any atom is 0.239 e. The molecule has 11 heteroatoms. The molecule has 1 aromatic carbocycles. The Hall–Kier alpha value is -3.05. The van der Waals surface area contributed by atoms with Crippen molar-refractivity contribution in [2.45, 2.75) is 51.9 Å². The smallest absolute Gasteiger partial charge is 0.239 e. The standard InChI is InChI=1S/C29H39FN6O3S/c1-19(2)28-27-25(35-15-11-21(12-16-35)20-9-13-34(3)14-10-20)17-23(18-26(37)33-40(4,38)39)31-29(27)36(32-28)24-7-5-22(30)6-8-24/h5-8,17,19-21H,9-16,18H2,1-4H3,(H,33,37). The third-order valence-electron chi connectivity index (χ3n) is 8.27. The molecule has 4 heterocycles. The van der Waals surface area contributed by atoms with Gasteiger partial charge in [-0.15, -0.1) is 0 Å². The second kappa shape index (κ2) is 11.4. The van der Waals surface area contributed by atoms with E-state index in [2.05, 4.69) is 30.7 Å². The number of likely N-dealkylation sites (tertiary alicyclic amines) is 1. The molecule has 1 amide bonds. The quantitative estimate of drug-likeness (QED) is 0.461. The summed E-state index contributed by atoms with van der Waals surface area (Å²) in [5, 5.41) is 5.84. The van der Waals surface area contributed by atoms with Crippen molar-refractivity contribution in [2.75, 3.05) is 44.4 Å². The number of hydrogen-bond donors (Lipinski definition) is 1. The van der Waals surface area contributed by atoms with Crippen molar-refractivity contribution in [2.24, 2.45) is 11.8 Å². The molecule has 216 valence electrons. The zero-order valence-corrected chi connectivity index (χ0v) is 24.5. The summed E-state index contributed by atoms with van der Waals surface area (Å²) in [5.74, 6) is 0.579. The van der Waals surface area contributed by atoms with Crippen molar-refractivity contribution in [3.63, 3.8) is 0 Å². The number of halogens is 1. The van der Waals surface area contributed by atoms with E-state index in [0.29, 0.717) is 22.9 Å². The van der Waals surface area contributed by atoms with Crippen LogP contribution < -0.4 is 9.62 Å². The van der Waals surface area contributed by atoms with Gasteiger partial charge in [0.2, 0.25) is 15.9 Å². The van der Waals surface area contributed by atoms with E-state index in [1.807, 2.05) is 10.8 Å². The minimum Gasteiger partial charge on any atom is -0.371 e. The summed E-state index contributed by atoms with van der Waals surface area (Å²) < 4.78 is 40.8. The summed E-state index contributed by atoms with van der Waals surface area (Å²) in [6.45, 7) is 8.28. The van der Waals surface area contributed by atoms with Crippen LogP contribution in [0.1, 0.15) is 56.8 Å². The predicted octanol–water partition coefficient (Wildman–Crippen LogP) is 3.86. The van der Waals surface area contributed by atoms with Crippen molar-refractivity contribution in [3.05, 3.63) is 47.5 Å². The minimum absolute atomic E-state index is 0.0981. The van der Waals surface area contributed by atoms with E-state index < -0.39 is 15.9 Å². The van der Waals surface area contributed by atoms with Crippen molar-refractivity contribution < 1.29 is 17.6 Å². The molecule has 0 radical (unpaired) electrons. The topological polar surface area (TPSA) is 100 Å². The number of rotatable bonds is 7. The van der Waals surface area contributed by atoms with Gasteiger partial charge in [0, 0.05) is 13.1 Å². The summed E-state index contributed by atoms with van der Waals surface area (Å²) in [4.78, 5) is 22.2. The molecular weight excluding hydrogens is 531 g/mol. The van der Waals surface area contributed by atoms with Crippen LogP contribution in [-0.2, 0) is 21.2 Å². The van der Waals surface area contributed by atoms with Crippen molar-refractivity contribution in [3.8, 4) is 5.69 Å². The van der Waals surface area contributed by atoms with Gasteiger partial charge in [-0.2, -0.15) is 5.10 Å². The molecule has 0 atom stereocenters. The summed E-state index contributed by atoms with van der Waals surface area (Å²) in [6.07, 6.45) is 5.48. The Morgan fingerprint density at radius 1 is 1.05 bits per heavy atom. The number of benzene rings is 1. The summed E-state index contributed by atoms with van der Waals surface area (Å²) in [5.41, 5.74) is 3.54. The van der Waals surface area contributed by atoms with Gasteiger partial charge < -0.3 is 9.80 Å². The van der Waals surface area contributed by atoms with Gasteiger partial charge in [-0.25, -0.2) is 22.5 Å². The van der Waals surface area contributed by atoms with E-state index in [4.69, 9.17) is 10.1 Å². The van der Waals surface area contributed by atoms with Gasteiger partial charge in [0.15, 0.2) is 5.65 Å². The molecule has 9 nitrogen and oxygen atoms in total. The first-order valence-corrected chi connectivity index (χ1v) is 16.0. The lowest BCUT2D eigenvalue weighted by molar-refractivity contribution is -0.118. The number of pyridine rings is 1. The van der Waals surface area contributed by atoms with Crippen LogP contribution in [0.5, 0.6) is 0 Å². The molecule has 0 bridgehead atoms. The average Bonchev–Trinajstić information content (AvgIpc) is 3.28. The lowest BCUT2D eigenvalue weighted by Crippen LogP contribution is -2.40. The summed E-state index contributed by atoms with van der Waals surface area (Å²) in [6, 6.07) is 8.00. The highest BCUT2D eigenvalue weighted by molar-refractivity contribution is 7.89. The molecule has 40 heavy (non-hydrogen) atoms. The number of piperidine rings is 2. The molecule has 3 aromatic rings. The molecule has 0 unspecified atom stereocenters. The number of carbonyl (C=O) groups is 1. The highest BCUT2D eigenvalue weighted by atomic mass is 32.2. The van der Waals surface area contributed by atoms with Gasteiger partial charge in [0.25, 0.3) is 0 Å². The maximum absolute atomic E-state index is 13.7. The van der Waals surface area contributed by atoms with Crippen LogP contribution in [-0.4, -0.2) is 73.5 Å². The van der Waals surface area contributed by atoms with Crippen LogP contribution in [0, 0.1) is 17.7 Å². The number of carbonyl (C=O) groups excluding carboxylic acids is 1. The van der Waals surface area contributed by atoms with Crippen molar-refractivity contribution >= 4 is 32.7 Å². The van der Waals surface area contributed by atoms with E-state index in [1.54, 1.807) is 16.8 Å². The lowest BCUT2D eigenvalue weighted by atomic mass is 9.79. The summed E-state index contributed by atoms with van der Waals surface area (Å²) >= 11 is 0. The first-order chi connectivity index (χ1) is 19.0. The zero-order chi connectivity index (χ0) is 28.6. The van der Waals surface area contributed by atoms with E-state index in [0.717, 1.165) is 68.0 Å². The molecule has 2 aliphatic heterocycles. The fourth-order valence-corrected chi connectivity index (χ4v) is 6.68. The third kappa shape index (κ3) is 6.30. The largest absolute Gasteiger partial charge is 0.371 e. The molecule has 1 N–H and O–H groups in total. The molecule has 2 fully saturated rings. The van der Waals surface area contributed by atoms with Gasteiger partial charge in [-0.1, -0.05) is 13.8 Å². The van der Waals surface area contributed by atoms with Gasteiger partial charge in [-0.3, -0.25) is 9.52 Å². The van der Waals surface area contributed by atoms with E-state index in [-0.39, 0.29) is 18.2 Å².